The molecule has 3 aromatic heterocycles. The smallest absolute Gasteiger partial charge is 0.350 e. The van der Waals surface area contributed by atoms with E-state index in [0.717, 1.165) is 15.8 Å². The van der Waals surface area contributed by atoms with Crippen molar-refractivity contribution >= 4 is 28.8 Å². The number of nitrogens with one attached hydrogen (secondary N) is 1. The van der Waals surface area contributed by atoms with E-state index in [-0.39, 0.29) is 18.1 Å². The summed E-state index contributed by atoms with van der Waals surface area (Å²) < 4.78 is 13.0. The maximum atomic E-state index is 12.9. The number of anilines is 1. The molecule has 0 saturated carbocycles. The summed E-state index contributed by atoms with van der Waals surface area (Å²) in [6, 6.07) is 15.9. The number of aromatic nitrogens is 5. The van der Waals surface area contributed by atoms with Gasteiger partial charge in [0.05, 0.1) is 17.7 Å². The molecule has 0 aliphatic heterocycles. The Labute approximate surface area is 203 Å². The van der Waals surface area contributed by atoms with Gasteiger partial charge in [-0.3, -0.25) is 4.79 Å². The molecule has 176 valence electrons. The molecule has 5 aromatic rings. The fraction of sp³-hybridized carbons (Fsp3) is 0.125. The first kappa shape index (κ1) is 22.4. The number of methoxy groups -OCH3 is 1. The lowest BCUT2D eigenvalue weighted by Crippen LogP contribution is -2.28. The summed E-state index contributed by atoms with van der Waals surface area (Å²) in [5, 5.41) is 11.4. The zero-order chi connectivity index (χ0) is 24.5. The summed E-state index contributed by atoms with van der Waals surface area (Å²) in [6.07, 6.45) is 1.56. The molecule has 0 aliphatic rings. The van der Waals surface area contributed by atoms with Gasteiger partial charge in [-0.25, -0.2) is 13.9 Å². The Balaban J connectivity index is 1.42. The highest BCUT2D eigenvalue weighted by atomic mass is 35.5. The summed E-state index contributed by atoms with van der Waals surface area (Å²) >= 11 is 6.11. The van der Waals surface area contributed by atoms with Gasteiger partial charge in [0.15, 0.2) is 5.65 Å². The van der Waals surface area contributed by atoms with Gasteiger partial charge in [-0.05, 0) is 37.3 Å². The monoisotopic (exact) mass is 490 g/mol. The van der Waals surface area contributed by atoms with E-state index in [0.29, 0.717) is 27.8 Å². The molecule has 0 fully saturated rings. The van der Waals surface area contributed by atoms with Crippen LogP contribution in [0.1, 0.15) is 5.56 Å². The zero-order valence-electron chi connectivity index (χ0n) is 18.7. The maximum absolute atomic E-state index is 12.9. The van der Waals surface area contributed by atoms with Gasteiger partial charge in [0.1, 0.15) is 12.3 Å². The van der Waals surface area contributed by atoms with Crippen LogP contribution in [0.25, 0.3) is 28.5 Å². The number of hydrogen-bond donors (Lipinski definition) is 1. The molecule has 0 atom stereocenters. The molecular weight excluding hydrogens is 472 g/mol. The average Bonchev–Trinajstić information content (AvgIpc) is 3.45. The standard InChI is InChI=1S/C24H19ClN6O4/c1-14-5-7-15(8-6-14)21-27-23(35-29-21)17-4-3-11-30-22(17)28-31(24(30)33)13-20(32)26-16-9-10-19(34-2)18(25)12-16/h3-12H,13H2,1-2H3,(H,26,32). The average molecular weight is 491 g/mol. The Morgan fingerprint density at radius 2 is 1.97 bits per heavy atom. The van der Waals surface area contributed by atoms with Crippen LogP contribution in [0.4, 0.5) is 5.69 Å². The van der Waals surface area contributed by atoms with Gasteiger partial charge in [-0.2, -0.15) is 4.98 Å². The van der Waals surface area contributed by atoms with Crippen molar-refractivity contribution < 1.29 is 14.1 Å². The summed E-state index contributed by atoms with van der Waals surface area (Å²) in [4.78, 5) is 29.9. The van der Waals surface area contributed by atoms with Crippen molar-refractivity contribution in [3.05, 3.63) is 81.9 Å². The van der Waals surface area contributed by atoms with Crippen molar-refractivity contribution in [3.63, 3.8) is 0 Å². The van der Waals surface area contributed by atoms with Gasteiger partial charge in [0, 0.05) is 17.4 Å². The molecule has 0 bridgehead atoms. The van der Waals surface area contributed by atoms with Crippen LogP contribution in [0.3, 0.4) is 0 Å². The Morgan fingerprint density at radius 1 is 1.17 bits per heavy atom. The number of hydrogen-bond acceptors (Lipinski definition) is 7. The molecule has 5 rings (SSSR count). The first-order valence-corrected chi connectivity index (χ1v) is 10.9. The highest BCUT2D eigenvalue weighted by Crippen LogP contribution is 2.27. The Morgan fingerprint density at radius 3 is 2.71 bits per heavy atom. The normalized spacial score (nSPS) is 11.1. The number of carbonyl (C=O) groups is 1. The number of fused-ring (bicyclic) bond motifs is 1. The van der Waals surface area contributed by atoms with E-state index in [2.05, 4.69) is 20.6 Å². The summed E-state index contributed by atoms with van der Waals surface area (Å²) in [6.45, 7) is 1.69. The highest BCUT2D eigenvalue weighted by molar-refractivity contribution is 6.32. The highest BCUT2D eigenvalue weighted by Gasteiger charge is 2.19. The Bertz CT molecular complexity index is 1600. The van der Waals surface area contributed by atoms with Crippen LogP contribution in [-0.2, 0) is 11.3 Å². The Kier molecular flexibility index (Phi) is 5.79. The van der Waals surface area contributed by atoms with Gasteiger partial charge < -0.3 is 14.6 Å². The van der Waals surface area contributed by atoms with E-state index in [9.17, 15) is 9.59 Å². The fourth-order valence-electron chi connectivity index (χ4n) is 3.54. The van der Waals surface area contributed by atoms with Gasteiger partial charge >= 0.3 is 5.69 Å². The molecule has 2 aromatic carbocycles. The third kappa shape index (κ3) is 4.38. The number of ether oxygens (including phenoxy) is 1. The topological polar surface area (TPSA) is 117 Å². The van der Waals surface area contributed by atoms with E-state index < -0.39 is 11.6 Å². The van der Waals surface area contributed by atoms with E-state index >= 15 is 0 Å². The van der Waals surface area contributed by atoms with Crippen molar-refractivity contribution in [2.45, 2.75) is 13.5 Å². The van der Waals surface area contributed by atoms with Crippen molar-refractivity contribution in [1.29, 1.82) is 0 Å². The predicted octanol–water partition coefficient (Wildman–Crippen LogP) is 3.82. The first-order valence-electron chi connectivity index (χ1n) is 10.6. The molecule has 11 heteroatoms. The Hall–Kier alpha value is -4.44. The van der Waals surface area contributed by atoms with E-state index in [1.165, 1.54) is 11.5 Å². The van der Waals surface area contributed by atoms with Gasteiger partial charge in [0.2, 0.25) is 11.7 Å². The largest absolute Gasteiger partial charge is 0.495 e. The van der Waals surface area contributed by atoms with Gasteiger partial charge in [-0.1, -0.05) is 46.6 Å². The second kappa shape index (κ2) is 9.07. The minimum Gasteiger partial charge on any atom is -0.495 e. The van der Waals surface area contributed by atoms with Gasteiger partial charge in [0.25, 0.3) is 5.89 Å². The molecule has 3 heterocycles. The molecule has 1 amide bonds. The molecule has 0 spiro atoms. The first-order chi connectivity index (χ1) is 16.9. The van der Waals surface area contributed by atoms with E-state index in [1.807, 2.05) is 31.2 Å². The third-order valence-electron chi connectivity index (χ3n) is 5.30. The number of benzene rings is 2. The van der Waals surface area contributed by atoms with Crippen molar-refractivity contribution in [2.24, 2.45) is 0 Å². The van der Waals surface area contributed by atoms with Crippen molar-refractivity contribution in [1.82, 2.24) is 24.3 Å². The third-order valence-corrected chi connectivity index (χ3v) is 5.60. The molecule has 10 nitrogen and oxygen atoms in total. The molecule has 0 saturated heterocycles. The van der Waals surface area contributed by atoms with Crippen LogP contribution in [0.15, 0.2) is 70.1 Å². The van der Waals surface area contributed by atoms with Crippen molar-refractivity contribution in [3.8, 4) is 28.6 Å². The quantitative estimate of drug-likeness (QED) is 0.384. The molecule has 0 unspecified atom stereocenters. The second-order valence-electron chi connectivity index (χ2n) is 7.74. The number of amides is 1. The zero-order valence-corrected chi connectivity index (χ0v) is 19.5. The number of pyridine rings is 1. The van der Waals surface area contributed by atoms with E-state index in [4.69, 9.17) is 20.9 Å². The number of nitrogens with zero attached hydrogens (tertiary/aromatic N) is 5. The van der Waals surface area contributed by atoms with Crippen LogP contribution < -0.4 is 15.7 Å². The molecule has 0 radical (unpaired) electrons. The van der Waals surface area contributed by atoms with Crippen molar-refractivity contribution in [2.75, 3.05) is 12.4 Å². The molecular formula is C24H19ClN6O4. The lowest BCUT2D eigenvalue weighted by molar-refractivity contribution is -0.117. The predicted molar refractivity (Wildman–Crippen MR) is 130 cm³/mol. The molecule has 0 aliphatic carbocycles. The van der Waals surface area contributed by atoms with Crippen LogP contribution in [0.5, 0.6) is 5.75 Å². The van der Waals surface area contributed by atoms with Gasteiger partial charge in [-0.15, -0.1) is 5.10 Å². The molecule has 1 N–H and O–H groups in total. The lowest BCUT2D eigenvalue weighted by Gasteiger charge is -2.07. The fourth-order valence-corrected chi connectivity index (χ4v) is 3.80. The lowest BCUT2D eigenvalue weighted by atomic mass is 10.1. The number of rotatable bonds is 6. The van der Waals surface area contributed by atoms with Crippen LogP contribution in [0, 0.1) is 6.92 Å². The summed E-state index contributed by atoms with van der Waals surface area (Å²) in [5.41, 5.74) is 2.66. The SMILES string of the molecule is COc1ccc(NC(=O)Cn2nc3c(-c4nc(-c5ccc(C)cc5)no4)cccn3c2=O)cc1Cl. The maximum Gasteiger partial charge on any atom is 0.350 e. The minimum atomic E-state index is -0.483. The number of halogens is 1. The second-order valence-corrected chi connectivity index (χ2v) is 8.15. The van der Waals surface area contributed by atoms with Crippen LogP contribution in [0.2, 0.25) is 5.02 Å². The summed E-state index contributed by atoms with van der Waals surface area (Å²) in [5.74, 6) is 0.667. The number of carbonyl (C=O) groups excluding carboxylic acids is 1. The van der Waals surface area contributed by atoms with E-state index in [1.54, 1.807) is 36.5 Å². The molecule has 35 heavy (non-hydrogen) atoms. The number of aryl methyl sites for hydroxylation is 1. The van der Waals surface area contributed by atoms with Crippen LogP contribution >= 0.6 is 11.6 Å². The van der Waals surface area contributed by atoms with Crippen LogP contribution in [-0.4, -0.2) is 37.3 Å². The summed E-state index contributed by atoms with van der Waals surface area (Å²) in [7, 11) is 1.50. The minimum absolute atomic E-state index is 0.209.